The maximum absolute atomic E-state index is 5.93. The van der Waals surface area contributed by atoms with Gasteiger partial charge in [0.2, 0.25) is 0 Å². The number of thiophene rings is 1. The van der Waals surface area contributed by atoms with Gasteiger partial charge in [-0.25, -0.2) is 9.97 Å². The second kappa shape index (κ2) is 4.12. The largest absolute Gasteiger partial charge is 0.235 e. The second-order valence-corrected chi connectivity index (χ2v) is 5.06. The zero-order valence-corrected chi connectivity index (χ0v) is 11.0. The number of nitrogens with zero attached hydrogens (tertiary/aromatic N) is 2. The van der Waals surface area contributed by atoms with Crippen LogP contribution in [0, 0.1) is 10.5 Å². The Labute approximate surface area is 104 Å². The fourth-order valence-electron chi connectivity index (χ4n) is 1.07. The first-order chi connectivity index (χ1) is 6.68. The standard InChI is InChI=1S/C9H6ClIN2S/c1-5-3-14-4-6(5)9-12-2-7(11)8(10)13-9/h2-4H,1H3. The fourth-order valence-corrected chi connectivity index (χ4v) is 2.28. The minimum absolute atomic E-state index is 0.515. The Morgan fingerprint density at radius 1 is 1.43 bits per heavy atom. The summed E-state index contributed by atoms with van der Waals surface area (Å²) in [5.41, 5.74) is 2.25. The molecule has 14 heavy (non-hydrogen) atoms. The minimum atomic E-state index is 0.515. The Morgan fingerprint density at radius 3 is 2.79 bits per heavy atom. The van der Waals surface area contributed by atoms with Crippen molar-refractivity contribution >= 4 is 45.5 Å². The monoisotopic (exact) mass is 336 g/mol. The van der Waals surface area contributed by atoms with E-state index in [1.54, 1.807) is 17.5 Å². The number of rotatable bonds is 1. The molecule has 2 rings (SSSR count). The average molecular weight is 337 g/mol. The van der Waals surface area contributed by atoms with Crippen LogP contribution in [0.3, 0.4) is 0 Å². The summed E-state index contributed by atoms with van der Waals surface area (Å²) in [5, 5.41) is 4.62. The molecule has 2 heterocycles. The molecule has 5 heteroatoms. The molecule has 0 saturated carbocycles. The number of aromatic nitrogens is 2. The van der Waals surface area contributed by atoms with E-state index in [1.807, 2.05) is 12.3 Å². The van der Waals surface area contributed by atoms with Gasteiger partial charge in [0.1, 0.15) is 5.15 Å². The van der Waals surface area contributed by atoms with Crippen LogP contribution in [-0.2, 0) is 0 Å². The molecule has 0 unspecified atom stereocenters. The maximum Gasteiger partial charge on any atom is 0.162 e. The topological polar surface area (TPSA) is 25.8 Å². The molecule has 0 fully saturated rings. The van der Waals surface area contributed by atoms with E-state index in [9.17, 15) is 0 Å². The molecule has 72 valence electrons. The summed E-state index contributed by atoms with van der Waals surface area (Å²) in [4.78, 5) is 8.48. The van der Waals surface area contributed by atoms with Crippen molar-refractivity contribution in [2.45, 2.75) is 6.92 Å². The molecule has 0 aromatic carbocycles. The van der Waals surface area contributed by atoms with Crippen LogP contribution in [0.25, 0.3) is 11.4 Å². The zero-order valence-electron chi connectivity index (χ0n) is 7.29. The number of hydrogen-bond donors (Lipinski definition) is 0. The molecule has 0 N–H and O–H groups in total. The third kappa shape index (κ3) is 1.92. The Bertz CT molecular complexity index is 470. The van der Waals surface area contributed by atoms with Gasteiger partial charge >= 0.3 is 0 Å². The lowest BCUT2D eigenvalue weighted by Crippen LogP contribution is -1.91. The lowest BCUT2D eigenvalue weighted by Gasteiger charge is -2.00. The Kier molecular flexibility index (Phi) is 3.04. The van der Waals surface area contributed by atoms with Crippen LogP contribution in [0.4, 0.5) is 0 Å². The van der Waals surface area contributed by atoms with Crippen LogP contribution in [0.2, 0.25) is 5.15 Å². The molecule has 2 aromatic heterocycles. The molecule has 0 bridgehead atoms. The van der Waals surface area contributed by atoms with Crippen LogP contribution in [0.15, 0.2) is 17.0 Å². The van der Waals surface area contributed by atoms with Crippen molar-refractivity contribution in [3.05, 3.63) is 31.2 Å². The summed E-state index contributed by atoms with van der Waals surface area (Å²) < 4.78 is 0.876. The first-order valence-electron chi connectivity index (χ1n) is 3.89. The van der Waals surface area contributed by atoms with E-state index in [-0.39, 0.29) is 0 Å². The van der Waals surface area contributed by atoms with Crippen LogP contribution in [0.5, 0.6) is 0 Å². The Morgan fingerprint density at radius 2 is 2.21 bits per heavy atom. The van der Waals surface area contributed by atoms with Gasteiger partial charge in [0.05, 0.1) is 3.57 Å². The fraction of sp³-hybridized carbons (Fsp3) is 0.111. The first-order valence-corrected chi connectivity index (χ1v) is 6.29. The van der Waals surface area contributed by atoms with Crippen molar-refractivity contribution in [1.82, 2.24) is 9.97 Å². The zero-order chi connectivity index (χ0) is 10.1. The van der Waals surface area contributed by atoms with Gasteiger partial charge in [-0.15, -0.1) is 0 Å². The molecular formula is C9H6ClIN2S. The SMILES string of the molecule is Cc1cscc1-c1ncc(I)c(Cl)n1. The van der Waals surface area contributed by atoms with E-state index in [2.05, 4.69) is 37.9 Å². The highest BCUT2D eigenvalue weighted by Crippen LogP contribution is 2.25. The van der Waals surface area contributed by atoms with Gasteiger partial charge in [0.25, 0.3) is 0 Å². The van der Waals surface area contributed by atoms with Gasteiger partial charge in [0, 0.05) is 17.1 Å². The van der Waals surface area contributed by atoms with Crippen molar-refractivity contribution in [2.24, 2.45) is 0 Å². The number of hydrogen-bond acceptors (Lipinski definition) is 3. The van der Waals surface area contributed by atoms with Gasteiger partial charge in [0.15, 0.2) is 5.82 Å². The molecule has 0 spiro atoms. The summed E-state index contributed by atoms with van der Waals surface area (Å²) in [5.74, 6) is 0.703. The van der Waals surface area contributed by atoms with E-state index in [0.717, 1.165) is 9.13 Å². The van der Waals surface area contributed by atoms with Crippen molar-refractivity contribution in [3.63, 3.8) is 0 Å². The molecule has 0 aliphatic rings. The normalized spacial score (nSPS) is 10.5. The highest BCUT2D eigenvalue weighted by Gasteiger charge is 2.07. The Balaban J connectivity index is 2.53. The molecule has 2 aromatic rings. The number of aryl methyl sites for hydroxylation is 1. The minimum Gasteiger partial charge on any atom is -0.235 e. The molecule has 0 atom stereocenters. The Hall–Kier alpha value is -0.200. The summed E-state index contributed by atoms with van der Waals surface area (Å²) in [6.07, 6.45) is 1.74. The molecule has 0 saturated heterocycles. The number of halogens is 2. The molecular weight excluding hydrogens is 331 g/mol. The van der Waals surface area contributed by atoms with E-state index >= 15 is 0 Å². The lowest BCUT2D eigenvalue weighted by atomic mass is 10.2. The average Bonchev–Trinajstić information content (AvgIpc) is 2.57. The van der Waals surface area contributed by atoms with Crippen molar-refractivity contribution < 1.29 is 0 Å². The van der Waals surface area contributed by atoms with Gasteiger partial charge in [-0.05, 0) is 40.5 Å². The molecule has 0 radical (unpaired) electrons. The van der Waals surface area contributed by atoms with Crippen molar-refractivity contribution in [1.29, 1.82) is 0 Å². The summed E-state index contributed by atoms with van der Waals surface area (Å²) in [6, 6.07) is 0. The smallest absolute Gasteiger partial charge is 0.162 e. The molecule has 2 nitrogen and oxygen atoms in total. The van der Waals surface area contributed by atoms with E-state index in [4.69, 9.17) is 11.6 Å². The molecule has 0 amide bonds. The van der Waals surface area contributed by atoms with Gasteiger partial charge in [-0.3, -0.25) is 0 Å². The molecule has 0 aliphatic heterocycles. The highest BCUT2D eigenvalue weighted by molar-refractivity contribution is 14.1. The third-order valence-corrected chi connectivity index (χ3v) is 4.06. The lowest BCUT2D eigenvalue weighted by molar-refractivity contribution is 1.16. The van der Waals surface area contributed by atoms with Crippen LogP contribution in [0.1, 0.15) is 5.56 Å². The second-order valence-electron chi connectivity index (χ2n) is 2.80. The quantitative estimate of drug-likeness (QED) is 0.585. The van der Waals surface area contributed by atoms with Crippen LogP contribution in [-0.4, -0.2) is 9.97 Å². The predicted molar refractivity (Wildman–Crippen MR) is 67.8 cm³/mol. The van der Waals surface area contributed by atoms with Crippen molar-refractivity contribution in [2.75, 3.05) is 0 Å². The van der Waals surface area contributed by atoms with Gasteiger partial charge in [-0.1, -0.05) is 11.6 Å². The van der Waals surface area contributed by atoms with E-state index < -0.39 is 0 Å². The van der Waals surface area contributed by atoms with E-state index in [1.165, 1.54) is 5.56 Å². The van der Waals surface area contributed by atoms with E-state index in [0.29, 0.717) is 11.0 Å². The summed E-state index contributed by atoms with van der Waals surface area (Å²) in [7, 11) is 0. The van der Waals surface area contributed by atoms with Gasteiger partial charge in [-0.2, -0.15) is 11.3 Å². The van der Waals surface area contributed by atoms with Gasteiger partial charge < -0.3 is 0 Å². The predicted octanol–water partition coefficient (Wildman–Crippen LogP) is 3.77. The maximum atomic E-state index is 5.93. The van der Waals surface area contributed by atoms with Crippen molar-refractivity contribution in [3.8, 4) is 11.4 Å². The molecule has 0 aliphatic carbocycles. The van der Waals surface area contributed by atoms with Crippen LogP contribution >= 0.6 is 45.5 Å². The third-order valence-electron chi connectivity index (χ3n) is 1.80. The summed E-state index contributed by atoms with van der Waals surface area (Å²) in [6.45, 7) is 2.04. The highest BCUT2D eigenvalue weighted by atomic mass is 127. The summed E-state index contributed by atoms with van der Waals surface area (Å²) >= 11 is 9.69. The van der Waals surface area contributed by atoms with Crippen LogP contribution < -0.4 is 0 Å². The first kappa shape index (κ1) is 10.3.